The first-order valence-electron chi connectivity index (χ1n) is 11.1. The lowest BCUT2D eigenvalue weighted by Crippen LogP contribution is -2.00. The van der Waals surface area contributed by atoms with E-state index < -0.39 is 0 Å². The number of aryl methyl sites for hydroxylation is 1. The van der Waals surface area contributed by atoms with Gasteiger partial charge in [-0.15, -0.1) is 0 Å². The Bertz CT molecular complexity index is 1570. The SMILES string of the molecule is Cc1cc(Br)cc(-c2nc(-c3ccc4ccccc4c3)nc(-c3ccc4ccccc4c3)n2)c1. The molecule has 0 saturated heterocycles. The van der Waals surface area contributed by atoms with Crippen molar-refractivity contribution in [2.45, 2.75) is 6.92 Å². The zero-order valence-electron chi connectivity index (χ0n) is 18.5. The normalized spacial score (nSPS) is 11.2. The molecule has 0 radical (unpaired) electrons. The molecular weight excluding hydrogens is 482 g/mol. The van der Waals surface area contributed by atoms with Crippen LogP contribution in [0.2, 0.25) is 0 Å². The van der Waals surface area contributed by atoms with Gasteiger partial charge in [-0.05, 0) is 64.4 Å². The molecule has 0 fully saturated rings. The first kappa shape index (κ1) is 20.7. The van der Waals surface area contributed by atoms with Gasteiger partial charge in [-0.3, -0.25) is 0 Å². The Hall–Kier alpha value is -3.89. The van der Waals surface area contributed by atoms with Crippen LogP contribution in [0.4, 0.5) is 0 Å². The predicted molar refractivity (Wildman–Crippen MR) is 144 cm³/mol. The molecule has 1 aromatic heterocycles. The topological polar surface area (TPSA) is 38.7 Å². The van der Waals surface area contributed by atoms with Gasteiger partial charge < -0.3 is 0 Å². The molecule has 0 aliphatic heterocycles. The van der Waals surface area contributed by atoms with Crippen molar-refractivity contribution in [1.29, 1.82) is 0 Å². The van der Waals surface area contributed by atoms with Crippen LogP contribution in [0.5, 0.6) is 0 Å². The minimum absolute atomic E-state index is 0.658. The fourth-order valence-electron chi connectivity index (χ4n) is 4.29. The Morgan fingerprint density at radius 1 is 0.471 bits per heavy atom. The van der Waals surface area contributed by atoms with E-state index in [0.29, 0.717) is 17.5 Å². The zero-order chi connectivity index (χ0) is 23.1. The van der Waals surface area contributed by atoms with Crippen LogP contribution in [0.25, 0.3) is 55.7 Å². The molecule has 0 bridgehead atoms. The second-order valence-corrected chi connectivity index (χ2v) is 9.36. The number of hydrogen-bond donors (Lipinski definition) is 0. The predicted octanol–water partition coefficient (Wildman–Crippen LogP) is 8.25. The summed E-state index contributed by atoms with van der Waals surface area (Å²) in [7, 11) is 0. The Labute approximate surface area is 206 Å². The Morgan fingerprint density at radius 2 is 0.941 bits per heavy atom. The molecule has 4 heteroatoms. The van der Waals surface area contributed by atoms with E-state index in [9.17, 15) is 0 Å². The molecule has 162 valence electrons. The first-order chi connectivity index (χ1) is 16.6. The maximum Gasteiger partial charge on any atom is 0.164 e. The number of rotatable bonds is 3. The summed E-state index contributed by atoms with van der Waals surface area (Å²) in [4.78, 5) is 14.7. The van der Waals surface area contributed by atoms with Crippen LogP contribution in [0.3, 0.4) is 0 Å². The van der Waals surface area contributed by atoms with Gasteiger partial charge >= 0.3 is 0 Å². The van der Waals surface area contributed by atoms with Gasteiger partial charge in [0.05, 0.1) is 0 Å². The molecule has 0 saturated carbocycles. The minimum Gasteiger partial charge on any atom is -0.208 e. The number of fused-ring (bicyclic) bond motifs is 2. The van der Waals surface area contributed by atoms with E-state index in [1.807, 2.05) is 0 Å². The van der Waals surface area contributed by atoms with Crippen LogP contribution in [-0.4, -0.2) is 15.0 Å². The van der Waals surface area contributed by atoms with Crippen LogP contribution >= 0.6 is 15.9 Å². The summed E-state index contributed by atoms with van der Waals surface area (Å²) in [6.45, 7) is 2.07. The molecule has 34 heavy (non-hydrogen) atoms. The highest BCUT2D eigenvalue weighted by molar-refractivity contribution is 9.10. The average Bonchev–Trinajstić information content (AvgIpc) is 2.87. The quantitative estimate of drug-likeness (QED) is 0.245. The van der Waals surface area contributed by atoms with Gasteiger partial charge in [0.2, 0.25) is 0 Å². The van der Waals surface area contributed by atoms with Crippen molar-refractivity contribution in [2.75, 3.05) is 0 Å². The van der Waals surface area contributed by atoms with E-state index in [0.717, 1.165) is 37.5 Å². The van der Waals surface area contributed by atoms with Crippen molar-refractivity contribution in [1.82, 2.24) is 15.0 Å². The molecule has 6 rings (SSSR count). The summed E-state index contributed by atoms with van der Waals surface area (Å²) in [5, 5.41) is 4.70. The third kappa shape index (κ3) is 3.97. The second kappa shape index (κ2) is 8.47. The monoisotopic (exact) mass is 501 g/mol. The summed E-state index contributed by atoms with van der Waals surface area (Å²) >= 11 is 3.62. The van der Waals surface area contributed by atoms with E-state index in [-0.39, 0.29) is 0 Å². The standard InChI is InChI=1S/C30H20BrN3/c1-19-14-26(18-27(31)15-19)30-33-28(24-12-10-20-6-2-4-8-22(20)16-24)32-29(34-30)25-13-11-21-7-3-5-9-23(21)17-25/h2-18H,1H3. The van der Waals surface area contributed by atoms with Crippen LogP contribution in [0.1, 0.15) is 5.56 Å². The number of aromatic nitrogens is 3. The van der Waals surface area contributed by atoms with Crippen molar-refractivity contribution in [2.24, 2.45) is 0 Å². The number of hydrogen-bond acceptors (Lipinski definition) is 3. The van der Waals surface area contributed by atoms with Crippen molar-refractivity contribution in [3.05, 3.63) is 113 Å². The average molecular weight is 502 g/mol. The van der Waals surface area contributed by atoms with Gasteiger partial charge in [0.15, 0.2) is 17.5 Å². The third-order valence-corrected chi connectivity index (χ3v) is 6.41. The summed E-state index contributed by atoms with van der Waals surface area (Å²) in [6, 6.07) is 35.6. The fraction of sp³-hybridized carbons (Fsp3) is 0.0333. The van der Waals surface area contributed by atoms with E-state index >= 15 is 0 Å². The van der Waals surface area contributed by atoms with Crippen LogP contribution in [0.15, 0.2) is 108 Å². The highest BCUT2D eigenvalue weighted by atomic mass is 79.9. The van der Waals surface area contributed by atoms with Gasteiger partial charge in [0.25, 0.3) is 0 Å². The molecule has 0 unspecified atom stereocenters. The van der Waals surface area contributed by atoms with E-state index in [1.165, 1.54) is 10.8 Å². The number of nitrogens with zero attached hydrogens (tertiary/aromatic N) is 3. The van der Waals surface area contributed by atoms with Gasteiger partial charge in [-0.1, -0.05) is 88.7 Å². The van der Waals surface area contributed by atoms with E-state index in [4.69, 9.17) is 15.0 Å². The molecule has 0 aliphatic carbocycles. The summed E-state index contributed by atoms with van der Waals surface area (Å²) < 4.78 is 1.00. The number of halogens is 1. The van der Waals surface area contributed by atoms with Gasteiger partial charge in [0, 0.05) is 21.2 Å². The summed E-state index contributed by atoms with van der Waals surface area (Å²) in [5.41, 5.74) is 4.04. The highest BCUT2D eigenvalue weighted by Gasteiger charge is 2.14. The largest absolute Gasteiger partial charge is 0.208 e. The summed E-state index contributed by atoms with van der Waals surface area (Å²) in [6.07, 6.45) is 0. The van der Waals surface area contributed by atoms with Gasteiger partial charge in [0.1, 0.15) is 0 Å². The maximum atomic E-state index is 4.92. The molecule has 0 aliphatic rings. The molecular formula is C30H20BrN3. The van der Waals surface area contributed by atoms with Crippen LogP contribution < -0.4 is 0 Å². The maximum absolute atomic E-state index is 4.92. The zero-order valence-corrected chi connectivity index (χ0v) is 20.1. The van der Waals surface area contributed by atoms with Crippen molar-refractivity contribution in [3.8, 4) is 34.2 Å². The molecule has 6 aromatic rings. The lowest BCUT2D eigenvalue weighted by molar-refractivity contribution is 1.07. The van der Waals surface area contributed by atoms with Crippen LogP contribution in [-0.2, 0) is 0 Å². The first-order valence-corrected chi connectivity index (χ1v) is 11.9. The molecule has 0 amide bonds. The second-order valence-electron chi connectivity index (χ2n) is 8.45. The van der Waals surface area contributed by atoms with Crippen LogP contribution in [0, 0.1) is 6.92 Å². The van der Waals surface area contributed by atoms with Gasteiger partial charge in [-0.25, -0.2) is 15.0 Å². The smallest absolute Gasteiger partial charge is 0.164 e. The Morgan fingerprint density at radius 3 is 1.44 bits per heavy atom. The highest BCUT2D eigenvalue weighted by Crippen LogP contribution is 2.29. The molecule has 0 atom stereocenters. The lowest BCUT2D eigenvalue weighted by Gasteiger charge is -2.10. The summed E-state index contributed by atoms with van der Waals surface area (Å²) in [5.74, 6) is 1.98. The molecule has 5 aromatic carbocycles. The molecule has 3 nitrogen and oxygen atoms in total. The van der Waals surface area contributed by atoms with E-state index in [1.54, 1.807) is 0 Å². The number of benzene rings is 5. The lowest BCUT2D eigenvalue weighted by atomic mass is 10.1. The molecule has 1 heterocycles. The Kier molecular flexibility index (Phi) is 5.16. The fourth-order valence-corrected chi connectivity index (χ4v) is 4.89. The van der Waals surface area contributed by atoms with Crippen molar-refractivity contribution < 1.29 is 0 Å². The molecule has 0 N–H and O–H groups in total. The Balaban J connectivity index is 1.58. The van der Waals surface area contributed by atoms with Gasteiger partial charge in [-0.2, -0.15) is 0 Å². The minimum atomic E-state index is 0.658. The third-order valence-electron chi connectivity index (χ3n) is 5.95. The molecule has 0 spiro atoms. The van der Waals surface area contributed by atoms with Crippen molar-refractivity contribution >= 4 is 37.5 Å². The van der Waals surface area contributed by atoms with Crippen molar-refractivity contribution in [3.63, 3.8) is 0 Å². The van der Waals surface area contributed by atoms with E-state index in [2.05, 4.69) is 126 Å².